The van der Waals surface area contributed by atoms with Gasteiger partial charge in [-0.25, -0.2) is 0 Å². The smallest absolute Gasteiger partial charge is 0.255 e. The lowest BCUT2D eigenvalue weighted by Crippen LogP contribution is -2.32. The summed E-state index contributed by atoms with van der Waals surface area (Å²) in [5.74, 6) is 0.825. The fourth-order valence-corrected chi connectivity index (χ4v) is 1.92. The van der Waals surface area contributed by atoms with Crippen molar-refractivity contribution in [2.45, 2.75) is 19.4 Å². The highest BCUT2D eigenvalue weighted by atomic mass is 32.2. The van der Waals surface area contributed by atoms with E-state index in [4.69, 9.17) is 0 Å². The Morgan fingerprint density at radius 3 is 2.81 bits per heavy atom. The van der Waals surface area contributed by atoms with Gasteiger partial charge < -0.3 is 10.4 Å². The second-order valence-corrected chi connectivity index (χ2v) is 4.66. The fraction of sp³-hybridized carbons (Fsp3) is 0.417. The van der Waals surface area contributed by atoms with Gasteiger partial charge in [-0.2, -0.15) is 11.8 Å². The van der Waals surface area contributed by atoms with E-state index in [1.165, 1.54) is 6.07 Å². The third-order valence-corrected chi connectivity index (χ3v) is 2.93. The van der Waals surface area contributed by atoms with E-state index in [2.05, 4.69) is 5.32 Å². The predicted molar refractivity (Wildman–Crippen MR) is 68.0 cm³/mol. The van der Waals surface area contributed by atoms with Gasteiger partial charge in [0.1, 0.15) is 5.75 Å². The normalized spacial score (nSPS) is 12.1. The first kappa shape index (κ1) is 12.9. The number of phenolic OH excluding ortho intramolecular Hbond substituents is 1. The first-order valence-corrected chi connectivity index (χ1v) is 6.62. The van der Waals surface area contributed by atoms with Crippen molar-refractivity contribution in [3.63, 3.8) is 0 Å². The zero-order valence-electron chi connectivity index (χ0n) is 9.56. The molecule has 0 bridgehead atoms. The second-order valence-electron chi connectivity index (χ2n) is 3.67. The van der Waals surface area contributed by atoms with Crippen molar-refractivity contribution in [3.05, 3.63) is 29.8 Å². The first-order chi connectivity index (χ1) is 7.65. The van der Waals surface area contributed by atoms with Crippen molar-refractivity contribution in [1.29, 1.82) is 0 Å². The summed E-state index contributed by atoms with van der Waals surface area (Å²) < 4.78 is 0. The molecule has 0 radical (unpaired) electrons. The van der Waals surface area contributed by atoms with Gasteiger partial charge in [-0.1, -0.05) is 12.1 Å². The van der Waals surface area contributed by atoms with Crippen molar-refractivity contribution in [1.82, 2.24) is 5.32 Å². The number of phenols is 1. The quantitative estimate of drug-likeness (QED) is 0.828. The van der Waals surface area contributed by atoms with E-state index in [0.29, 0.717) is 5.56 Å². The van der Waals surface area contributed by atoms with Crippen LogP contribution in [0, 0.1) is 0 Å². The Morgan fingerprint density at radius 2 is 2.19 bits per heavy atom. The minimum atomic E-state index is -0.216. The summed E-state index contributed by atoms with van der Waals surface area (Å²) in [7, 11) is 0. The summed E-state index contributed by atoms with van der Waals surface area (Å²) in [6.07, 6.45) is 2.97. The minimum Gasteiger partial charge on any atom is -0.507 e. The summed E-state index contributed by atoms with van der Waals surface area (Å²) in [6, 6.07) is 6.69. The van der Waals surface area contributed by atoms with E-state index < -0.39 is 0 Å². The minimum absolute atomic E-state index is 0.0251. The molecule has 1 amide bonds. The number of carbonyl (C=O) groups excluding carboxylic acids is 1. The fourth-order valence-electron chi connectivity index (χ4n) is 1.33. The SMILES string of the molecule is CSCCC(C)NC(=O)c1ccccc1O. The lowest BCUT2D eigenvalue weighted by Gasteiger charge is -2.13. The lowest BCUT2D eigenvalue weighted by atomic mass is 10.1. The number of para-hydroxylation sites is 1. The molecule has 0 spiro atoms. The molecule has 1 aromatic rings. The highest BCUT2D eigenvalue weighted by Gasteiger charge is 2.12. The molecule has 0 saturated carbocycles. The number of benzene rings is 1. The number of carbonyl (C=O) groups is 1. The Bertz CT molecular complexity index is 355. The number of nitrogens with one attached hydrogen (secondary N) is 1. The molecule has 4 heteroatoms. The van der Waals surface area contributed by atoms with Crippen LogP contribution in [0.4, 0.5) is 0 Å². The standard InChI is InChI=1S/C12H17NO2S/c1-9(7-8-16-2)13-12(15)10-5-3-4-6-11(10)14/h3-6,9,14H,7-8H2,1-2H3,(H,13,15). The summed E-state index contributed by atoms with van der Waals surface area (Å²) in [5, 5.41) is 12.4. The van der Waals surface area contributed by atoms with Crippen LogP contribution in [-0.2, 0) is 0 Å². The molecule has 88 valence electrons. The van der Waals surface area contributed by atoms with Crippen molar-refractivity contribution in [2.24, 2.45) is 0 Å². The monoisotopic (exact) mass is 239 g/mol. The van der Waals surface area contributed by atoms with Gasteiger partial charge in [0.05, 0.1) is 5.56 Å². The number of hydrogen-bond acceptors (Lipinski definition) is 3. The number of hydrogen-bond donors (Lipinski definition) is 2. The molecule has 0 saturated heterocycles. The summed E-state index contributed by atoms with van der Waals surface area (Å²) >= 11 is 1.76. The first-order valence-electron chi connectivity index (χ1n) is 5.23. The third kappa shape index (κ3) is 3.77. The van der Waals surface area contributed by atoms with Crippen LogP contribution in [0.1, 0.15) is 23.7 Å². The Balaban J connectivity index is 2.56. The molecule has 0 aliphatic rings. The molecular formula is C12H17NO2S. The Labute approximate surface area is 100 Å². The van der Waals surface area contributed by atoms with Crippen molar-refractivity contribution >= 4 is 17.7 Å². The van der Waals surface area contributed by atoms with Crippen LogP contribution < -0.4 is 5.32 Å². The zero-order valence-corrected chi connectivity index (χ0v) is 10.4. The van der Waals surface area contributed by atoms with Crippen molar-refractivity contribution in [2.75, 3.05) is 12.0 Å². The number of thioether (sulfide) groups is 1. The number of amides is 1. The van der Waals surface area contributed by atoms with E-state index in [0.717, 1.165) is 12.2 Å². The van der Waals surface area contributed by atoms with Gasteiger partial charge >= 0.3 is 0 Å². The predicted octanol–water partition coefficient (Wildman–Crippen LogP) is 2.26. The van der Waals surface area contributed by atoms with E-state index in [1.54, 1.807) is 30.0 Å². The molecule has 2 N–H and O–H groups in total. The maximum atomic E-state index is 11.8. The highest BCUT2D eigenvalue weighted by Crippen LogP contribution is 2.15. The molecule has 0 aliphatic carbocycles. The Hall–Kier alpha value is -1.16. The van der Waals surface area contributed by atoms with Gasteiger partial charge in [-0.15, -0.1) is 0 Å². The zero-order chi connectivity index (χ0) is 12.0. The molecule has 3 nitrogen and oxygen atoms in total. The molecule has 16 heavy (non-hydrogen) atoms. The average molecular weight is 239 g/mol. The topological polar surface area (TPSA) is 49.3 Å². The maximum absolute atomic E-state index is 11.8. The molecule has 0 heterocycles. The molecule has 1 rings (SSSR count). The molecule has 0 aliphatic heterocycles. The molecular weight excluding hydrogens is 222 g/mol. The highest BCUT2D eigenvalue weighted by molar-refractivity contribution is 7.98. The largest absolute Gasteiger partial charge is 0.507 e. The van der Waals surface area contributed by atoms with Crippen LogP contribution in [-0.4, -0.2) is 29.1 Å². The summed E-state index contributed by atoms with van der Waals surface area (Å²) in [5.41, 5.74) is 0.332. The van der Waals surface area contributed by atoms with Gasteiger partial charge in [-0.3, -0.25) is 4.79 Å². The van der Waals surface area contributed by atoms with Crippen LogP contribution in [0.15, 0.2) is 24.3 Å². The van der Waals surface area contributed by atoms with Gasteiger partial charge in [0, 0.05) is 6.04 Å². The van der Waals surface area contributed by atoms with E-state index >= 15 is 0 Å². The van der Waals surface area contributed by atoms with Gasteiger partial charge in [0.15, 0.2) is 0 Å². The molecule has 0 aromatic heterocycles. The average Bonchev–Trinajstić information content (AvgIpc) is 2.26. The van der Waals surface area contributed by atoms with E-state index in [1.807, 2.05) is 13.2 Å². The van der Waals surface area contributed by atoms with Crippen LogP contribution in [0.25, 0.3) is 0 Å². The van der Waals surface area contributed by atoms with Gasteiger partial charge in [0.25, 0.3) is 5.91 Å². The van der Waals surface area contributed by atoms with Gasteiger partial charge in [-0.05, 0) is 37.5 Å². The van der Waals surface area contributed by atoms with Crippen LogP contribution in [0.5, 0.6) is 5.75 Å². The number of aromatic hydroxyl groups is 1. The lowest BCUT2D eigenvalue weighted by molar-refractivity contribution is 0.0937. The Kier molecular flexibility index (Phi) is 5.19. The summed E-state index contributed by atoms with van der Waals surface area (Å²) in [6.45, 7) is 1.97. The van der Waals surface area contributed by atoms with E-state index in [9.17, 15) is 9.90 Å². The van der Waals surface area contributed by atoms with Crippen LogP contribution in [0.2, 0.25) is 0 Å². The van der Waals surface area contributed by atoms with Crippen molar-refractivity contribution < 1.29 is 9.90 Å². The summed E-state index contributed by atoms with van der Waals surface area (Å²) in [4.78, 5) is 11.8. The van der Waals surface area contributed by atoms with Gasteiger partial charge in [0.2, 0.25) is 0 Å². The molecule has 1 atom stereocenters. The Morgan fingerprint density at radius 1 is 1.50 bits per heavy atom. The third-order valence-electron chi connectivity index (χ3n) is 2.28. The van der Waals surface area contributed by atoms with Crippen LogP contribution in [0.3, 0.4) is 0 Å². The second kappa shape index (κ2) is 6.43. The van der Waals surface area contributed by atoms with Crippen LogP contribution >= 0.6 is 11.8 Å². The molecule has 1 aromatic carbocycles. The number of rotatable bonds is 5. The van der Waals surface area contributed by atoms with E-state index in [-0.39, 0.29) is 17.7 Å². The van der Waals surface area contributed by atoms with Crippen molar-refractivity contribution in [3.8, 4) is 5.75 Å². The molecule has 1 unspecified atom stereocenters. The molecule has 0 fully saturated rings. The maximum Gasteiger partial charge on any atom is 0.255 e.